The summed E-state index contributed by atoms with van der Waals surface area (Å²) in [5.74, 6) is -2.62. The van der Waals surface area contributed by atoms with Crippen LogP contribution in [-0.4, -0.2) is 12.6 Å². The van der Waals surface area contributed by atoms with Gasteiger partial charge in [0.15, 0.2) is 0 Å². The van der Waals surface area contributed by atoms with E-state index < -0.39 is 23.3 Å². The maximum atomic E-state index is 13.3. The first-order chi connectivity index (χ1) is 8.58. The van der Waals surface area contributed by atoms with Gasteiger partial charge >= 0.3 is 5.97 Å². The molecule has 0 aromatic heterocycles. The molecule has 0 spiro atoms. The van der Waals surface area contributed by atoms with Crippen molar-refractivity contribution >= 4 is 17.7 Å². The van der Waals surface area contributed by atoms with Crippen molar-refractivity contribution in [3.63, 3.8) is 0 Å². The average molecular weight is 253 g/mol. The predicted molar refractivity (Wildman–Crippen MR) is 60.8 cm³/mol. The summed E-state index contributed by atoms with van der Waals surface area (Å²) in [6.07, 6.45) is 2.25. The van der Waals surface area contributed by atoms with Gasteiger partial charge in [0.25, 0.3) is 0 Å². The molecule has 0 aliphatic heterocycles. The van der Waals surface area contributed by atoms with Crippen LogP contribution < -0.4 is 0 Å². The lowest BCUT2D eigenvalue weighted by molar-refractivity contribution is -0.137. The highest BCUT2D eigenvalue weighted by molar-refractivity contribution is 5.87. The smallest absolute Gasteiger partial charge is 0.330 e. The lowest BCUT2D eigenvalue weighted by Crippen LogP contribution is -1.98. The van der Waals surface area contributed by atoms with E-state index in [2.05, 4.69) is 14.8 Å². The zero-order valence-electron chi connectivity index (χ0n) is 9.43. The summed E-state index contributed by atoms with van der Waals surface area (Å²) in [4.78, 5) is 13.3. The molecule has 94 valence electrons. The summed E-state index contributed by atoms with van der Waals surface area (Å²) in [6, 6.07) is 1.89. The summed E-state index contributed by atoms with van der Waals surface area (Å²) in [5.41, 5.74) is 7.54. The maximum absolute atomic E-state index is 13.3. The van der Waals surface area contributed by atoms with Crippen molar-refractivity contribution in [2.75, 3.05) is 6.61 Å². The topological polar surface area (TPSA) is 75.1 Å². The van der Waals surface area contributed by atoms with Crippen molar-refractivity contribution in [1.82, 2.24) is 0 Å². The lowest BCUT2D eigenvalue weighted by Gasteiger charge is -2.00. The van der Waals surface area contributed by atoms with Gasteiger partial charge in [-0.05, 0) is 36.2 Å². The Balaban J connectivity index is 3.00. The van der Waals surface area contributed by atoms with Gasteiger partial charge in [-0.1, -0.05) is 5.11 Å². The molecule has 0 radical (unpaired) electrons. The summed E-state index contributed by atoms with van der Waals surface area (Å²) in [5, 5.41) is 2.89. The van der Waals surface area contributed by atoms with Gasteiger partial charge < -0.3 is 4.74 Å². The number of hydrogen-bond donors (Lipinski definition) is 0. The van der Waals surface area contributed by atoms with Crippen LogP contribution in [0.1, 0.15) is 12.5 Å². The summed E-state index contributed by atoms with van der Waals surface area (Å²) >= 11 is 0. The van der Waals surface area contributed by atoms with Gasteiger partial charge in [-0.3, -0.25) is 0 Å². The molecule has 0 amide bonds. The van der Waals surface area contributed by atoms with Crippen LogP contribution in [0, 0.1) is 11.6 Å². The zero-order valence-corrected chi connectivity index (χ0v) is 9.43. The first kappa shape index (κ1) is 13.7. The van der Waals surface area contributed by atoms with Crippen molar-refractivity contribution in [2.24, 2.45) is 5.11 Å². The molecule has 0 unspecified atom stereocenters. The van der Waals surface area contributed by atoms with E-state index in [0.29, 0.717) is 0 Å². The van der Waals surface area contributed by atoms with E-state index in [0.717, 1.165) is 18.2 Å². The second-order valence-corrected chi connectivity index (χ2v) is 3.11. The van der Waals surface area contributed by atoms with Crippen molar-refractivity contribution in [2.45, 2.75) is 6.92 Å². The first-order valence-corrected chi connectivity index (χ1v) is 4.97. The van der Waals surface area contributed by atoms with Gasteiger partial charge in [-0.15, -0.1) is 0 Å². The summed E-state index contributed by atoms with van der Waals surface area (Å²) < 4.78 is 31.2. The van der Waals surface area contributed by atoms with Crippen LogP contribution >= 0.6 is 0 Å². The zero-order chi connectivity index (χ0) is 13.5. The van der Waals surface area contributed by atoms with Crippen LogP contribution in [0.15, 0.2) is 23.3 Å². The Morgan fingerprint density at radius 2 is 2.11 bits per heavy atom. The van der Waals surface area contributed by atoms with Crippen LogP contribution in [-0.2, 0) is 9.53 Å². The highest BCUT2D eigenvalue weighted by Crippen LogP contribution is 2.24. The fraction of sp³-hybridized carbons (Fsp3) is 0.182. The van der Waals surface area contributed by atoms with E-state index in [-0.39, 0.29) is 12.2 Å². The first-order valence-electron chi connectivity index (χ1n) is 4.97. The number of ether oxygens (including phenoxy) is 1. The molecule has 0 fully saturated rings. The highest BCUT2D eigenvalue weighted by Gasteiger charge is 2.08. The van der Waals surface area contributed by atoms with Crippen LogP contribution in [0.4, 0.5) is 14.5 Å². The number of benzene rings is 1. The fourth-order valence-corrected chi connectivity index (χ4v) is 1.18. The molecular weight excluding hydrogens is 244 g/mol. The summed E-state index contributed by atoms with van der Waals surface area (Å²) in [6.45, 7) is 1.85. The minimum atomic E-state index is -1.00. The van der Waals surface area contributed by atoms with E-state index in [4.69, 9.17) is 5.53 Å². The Kier molecular flexibility index (Phi) is 4.83. The average Bonchev–Trinajstić information content (AvgIpc) is 2.32. The Morgan fingerprint density at radius 3 is 2.61 bits per heavy atom. The number of rotatable bonds is 4. The van der Waals surface area contributed by atoms with Gasteiger partial charge in [0.1, 0.15) is 17.3 Å². The van der Waals surface area contributed by atoms with E-state index in [1.54, 1.807) is 6.92 Å². The Bertz CT molecular complexity index is 514. The largest absolute Gasteiger partial charge is 0.463 e. The van der Waals surface area contributed by atoms with E-state index in [1.807, 2.05) is 0 Å². The van der Waals surface area contributed by atoms with Gasteiger partial charge in [0, 0.05) is 11.0 Å². The summed E-state index contributed by atoms with van der Waals surface area (Å²) in [7, 11) is 0. The van der Waals surface area contributed by atoms with Crippen LogP contribution in [0.5, 0.6) is 0 Å². The van der Waals surface area contributed by atoms with Gasteiger partial charge in [0.05, 0.1) is 6.61 Å². The molecule has 0 N–H and O–H groups in total. The molecule has 1 rings (SSSR count). The van der Waals surface area contributed by atoms with Crippen molar-refractivity contribution < 1.29 is 18.3 Å². The molecular formula is C11H9F2N3O2. The van der Waals surface area contributed by atoms with Crippen molar-refractivity contribution in [3.05, 3.63) is 45.8 Å². The third-order valence-corrected chi connectivity index (χ3v) is 1.88. The quantitative estimate of drug-likeness (QED) is 0.271. The number of azide groups is 1. The Morgan fingerprint density at radius 1 is 1.50 bits per heavy atom. The molecule has 5 nitrogen and oxygen atoms in total. The van der Waals surface area contributed by atoms with Gasteiger partial charge in [-0.2, -0.15) is 0 Å². The number of nitrogens with zero attached hydrogens (tertiary/aromatic N) is 3. The van der Waals surface area contributed by atoms with Crippen molar-refractivity contribution in [3.8, 4) is 0 Å². The molecule has 1 aromatic rings. The number of esters is 1. The van der Waals surface area contributed by atoms with Crippen molar-refractivity contribution in [1.29, 1.82) is 0 Å². The van der Waals surface area contributed by atoms with Gasteiger partial charge in [0.2, 0.25) is 0 Å². The van der Waals surface area contributed by atoms with E-state index >= 15 is 0 Å². The number of carbonyl (C=O) groups is 1. The molecule has 0 aliphatic rings. The molecule has 0 heterocycles. The molecule has 0 saturated carbocycles. The monoisotopic (exact) mass is 253 g/mol. The third-order valence-electron chi connectivity index (χ3n) is 1.88. The molecule has 1 aromatic carbocycles. The predicted octanol–water partition coefficient (Wildman–Crippen LogP) is 3.48. The molecule has 0 bridgehead atoms. The minimum absolute atomic E-state index is 0.120. The number of hydrogen-bond acceptors (Lipinski definition) is 3. The molecule has 0 aliphatic carbocycles. The van der Waals surface area contributed by atoms with Crippen LogP contribution in [0.25, 0.3) is 16.5 Å². The molecule has 0 saturated heterocycles. The number of carbonyl (C=O) groups excluding carboxylic acids is 1. The van der Waals surface area contributed by atoms with Crippen LogP contribution in [0.3, 0.4) is 0 Å². The van der Waals surface area contributed by atoms with Crippen LogP contribution in [0.2, 0.25) is 0 Å². The maximum Gasteiger partial charge on any atom is 0.330 e. The molecule has 18 heavy (non-hydrogen) atoms. The Hall–Kier alpha value is -2.40. The second-order valence-electron chi connectivity index (χ2n) is 3.11. The van der Waals surface area contributed by atoms with Gasteiger partial charge in [-0.25, -0.2) is 13.6 Å². The second kappa shape index (κ2) is 6.36. The molecule has 7 heteroatoms. The Labute approximate surface area is 101 Å². The molecule has 0 atom stereocenters. The highest BCUT2D eigenvalue weighted by atomic mass is 19.1. The SMILES string of the molecule is CCOC(=O)/C=C/c1cc(F)c(N=[N+]=[N-])c(F)c1. The minimum Gasteiger partial charge on any atom is -0.463 e. The fourth-order valence-electron chi connectivity index (χ4n) is 1.18. The standard InChI is InChI=1S/C11H9F2N3O2/c1-2-18-10(17)4-3-7-5-8(12)11(15-16-14)9(13)6-7/h3-6H,2H2,1H3/b4-3+. The number of halogens is 2. The van der Waals surface area contributed by atoms with E-state index in [9.17, 15) is 13.6 Å². The lowest BCUT2D eigenvalue weighted by atomic mass is 10.1. The van der Waals surface area contributed by atoms with E-state index in [1.165, 1.54) is 6.08 Å². The third kappa shape index (κ3) is 3.57. The normalized spacial score (nSPS) is 10.2.